The molecule has 25 heavy (non-hydrogen) atoms. The second-order valence-corrected chi connectivity index (χ2v) is 8.07. The van der Waals surface area contributed by atoms with Crippen LogP contribution in [0.2, 0.25) is 0 Å². The molecule has 2 unspecified atom stereocenters. The van der Waals surface area contributed by atoms with Gasteiger partial charge in [-0.15, -0.1) is 0 Å². The highest BCUT2D eigenvalue weighted by Crippen LogP contribution is 2.54. The molecule has 134 valence electrons. The lowest BCUT2D eigenvalue weighted by Gasteiger charge is -2.44. The van der Waals surface area contributed by atoms with Crippen LogP contribution in [0.25, 0.3) is 5.57 Å². The van der Waals surface area contributed by atoms with Crippen molar-refractivity contribution in [2.45, 2.75) is 76.9 Å². The Morgan fingerprint density at radius 3 is 2.80 bits per heavy atom. The fourth-order valence-corrected chi connectivity index (χ4v) is 4.73. The summed E-state index contributed by atoms with van der Waals surface area (Å²) in [5.41, 5.74) is 5.82. The molecule has 0 spiro atoms. The molecule has 3 nitrogen and oxygen atoms in total. The van der Waals surface area contributed by atoms with Gasteiger partial charge in [0.05, 0.1) is 0 Å². The van der Waals surface area contributed by atoms with Gasteiger partial charge in [0.1, 0.15) is 11.5 Å². The maximum Gasteiger partial charge on any atom is 0.209 e. The zero-order valence-corrected chi connectivity index (χ0v) is 15.3. The van der Waals surface area contributed by atoms with E-state index >= 15 is 0 Å². The van der Waals surface area contributed by atoms with E-state index in [2.05, 4.69) is 19.9 Å². The molecule has 1 fully saturated rings. The van der Waals surface area contributed by atoms with Crippen LogP contribution in [0.5, 0.6) is 11.5 Å². The van der Waals surface area contributed by atoms with Crippen molar-refractivity contribution in [1.82, 2.24) is 0 Å². The number of ether oxygens (including phenoxy) is 1. The number of allylic oxidation sites excluding steroid dienone is 4. The number of benzene rings is 1. The summed E-state index contributed by atoms with van der Waals surface area (Å²) in [6.07, 6.45) is 10.1. The highest BCUT2D eigenvalue weighted by molar-refractivity contribution is 5.71. The van der Waals surface area contributed by atoms with E-state index in [1.165, 1.54) is 36.0 Å². The second-order valence-electron chi connectivity index (χ2n) is 8.07. The van der Waals surface area contributed by atoms with E-state index in [-0.39, 0.29) is 5.92 Å². The molecule has 1 heterocycles. The van der Waals surface area contributed by atoms with Crippen LogP contribution in [-0.2, 0) is 0 Å². The summed E-state index contributed by atoms with van der Waals surface area (Å²) in [4.78, 5) is 0. The zero-order valence-electron chi connectivity index (χ0n) is 15.3. The van der Waals surface area contributed by atoms with E-state index in [9.17, 15) is 10.2 Å². The van der Waals surface area contributed by atoms with Crippen molar-refractivity contribution in [3.63, 3.8) is 0 Å². The topological polar surface area (TPSA) is 49.7 Å². The van der Waals surface area contributed by atoms with E-state index in [1.807, 2.05) is 12.1 Å². The normalized spacial score (nSPS) is 28.5. The van der Waals surface area contributed by atoms with Crippen molar-refractivity contribution >= 4 is 5.57 Å². The number of aliphatic hydroxyl groups is 1. The Bertz CT molecular complexity index is 755. The van der Waals surface area contributed by atoms with Crippen molar-refractivity contribution < 1.29 is 14.9 Å². The van der Waals surface area contributed by atoms with Gasteiger partial charge >= 0.3 is 0 Å². The van der Waals surface area contributed by atoms with Gasteiger partial charge in [0.25, 0.3) is 0 Å². The Kier molecular flexibility index (Phi) is 4.15. The van der Waals surface area contributed by atoms with Crippen LogP contribution >= 0.6 is 0 Å². The van der Waals surface area contributed by atoms with Crippen LogP contribution in [0.3, 0.4) is 0 Å². The first kappa shape index (κ1) is 16.7. The molecule has 2 bridgehead atoms. The Balaban J connectivity index is 1.81. The van der Waals surface area contributed by atoms with Crippen molar-refractivity contribution in [3.05, 3.63) is 40.5 Å². The van der Waals surface area contributed by atoms with E-state index in [4.69, 9.17) is 4.74 Å². The minimum atomic E-state index is -1.10. The largest absolute Gasteiger partial charge is 0.507 e. The predicted molar refractivity (Wildman–Crippen MR) is 99.7 cm³/mol. The van der Waals surface area contributed by atoms with Gasteiger partial charge < -0.3 is 14.9 Å². The molecule has 4 rings (SSSR count). The second kappa shape index (κ2) is 6.21. The third kappa shape index (κ3) is 2.99. The maximum absolute atomic E-state index is 10.8. The lowest BCUT2D eigenvalue weighted by molar-refractivity contribution is -0.165. The third-order valence-electron chi connectivity index (χ3n) is 6.05. The van der Waals surface area contributed by atoms with Crippen molar-refractivity contribution in [2.75, 3.05) is 0 Å². The molecule has 2 atom stereocenters. The maximum atomic E-state index is 10.8. The molecular formula is C22H28O3. The average Bonchev–Trinajstić information content (AvgIpc) is 2.82. The summed E-state index contributed by atoms with van der Waals surface area (Å²) in [7, 11) is 0. The molecule has 3 heteroatoms. The Labute approximate surface area is 150 Å². The molecule has 3 aliphatic rings. The summed E-state index contributed by atoms with van der Waals surface area (Å²) in [5.74, 6) is -0.0631. The predicted octanol–water partition coefficient (Wildman–Crippen LogP) is 5.42. The monoisotopic (exact) mass is 340 g/mol. The first-order valence-electron chi connectivity index (χ1n) is 9.61. The number of fused-ring (bicyclic) bond motifs is 4. The van der Waals surface area contributed by atoms with Gasteiger partial charge in [0, 0.05) is 24.3 Å². The van der Waals surface area contributed by atoms with Crippen LogP contribution < -0.4 is 4.74 Å². The molecule has 1 aliphatic heterocycles. The summed E-state index contributed by atoms with van der Waals surface area (Å²) >= 11 is 0. The van der Waals surface area contributed by atoms with Gasteiger partial charge in [-0.05, 0) is 69.2 Å². The highest BCUT2D eigenvalue weighted by Gasteiger charge is 2.46. The zero-order chi connectivity index (χ0) is 17.6. The summed E-state index contributed by atoms with van der Waals surface area (Å²) in [6.45, 7) is 4.24. The molecular weight excluding hydrogens is 312 g/mol. The van der Waals surface area contributed by atoms with E-state index in [0.29, 0.717) is 24.3 Å². The van der Waals surface area contributed by atoms with Crippen molar-refractivity contribution in [2.24, 2.45) is 0 Å². The molecule has 2 N–H and O–H groups in total. The Hall–Kier alpha value is -1.74. The number of hydrogen-bond donors (Lipinski definition) is 2. The number of phenols is 1. The number of phenolic OH excluding ortho intramolecular Hbond substituents is 1. The molecule has 0 saturated heterocycles. The third-order valence-corrected chi connectivity index (χ3v) is 6.05. The molecule has 1 aromatic carbocycles. The van der Waals surface area contributed by atoms with Crippen LogP contribution in [0.1, 0.15) is 82.3 Å². The highest BCUT2D eigenvalue weighted by atomic mass is 16.6. The first-order valence-corrected chi connectivity index (χ1v) is 9.61. The van der Waals surface area contributed by atoms with E-state index in [0.717, 1.165) is 30.4 Å². The Morgan fingerprint density at radius 1 is 1.16 bits per heavy atom. The van der Waals surface area contributed by atoms with Gasteiger partial charge in [-0.25, -0.2) is 0 Å². The molecule has 0 aromatic heterocycles. The minimum absolute atomic E-state index is 0.0599. The number of aromatic hydroxyl groups is 1. The molecule has 2 aliphatic carbocycles. The quantitative estimate of drug-likeness (QED) is 0.671. The smallest absolute Gasteiger partial charge is 0.209 e. The van der Waals surface area contributed by atoms with Gasteiger partial charge in [0.15, 0.2) is 0 Å². The van der Waals surface area contributed by atoms with Gasteiger partial charge in [-0.1, -0.05) is 23.6 Å². The van der Waals surface area contributed by atoms with Crippen LogP contribution in [0.4, 0.5) is 0 Å². The number of rotatable bonds is 1. The van der Waals surface area contributed by atoms with Crippen LogP contribution in [0, 0.1) is 0 Å². The van der Waals surface area contributed by atoms with Gasteiger partial charge in [-0.3, -0.25) is 0 Å². The first-order chi connectivity index (χ1) is 12.0. The van der Waals surface area contributed by atoms with Gasteiger partial charge in [-0.2, -0.15) is 0 Å². The van der Waals surface area contributed by atoms with Crippen LogP contribution in [-0.4, -0.2) is 16.0 Å². The van der Waals surface area contributed by atoms with Gasteiger partial charge in [0.2, 0.25) is 5.79 Å². The summed E-state index contributed by atoms with van der Waals surface area (Å²) < 4.78 is 6.01. The fraction of sp³-hybridized carbons (Fsp3) is 0.545. The van der Waals surface area contributed by atoms with Crippen LogP contribution in [0.15, 0.2) is 29.4 Å². The number of hydrogen-bond acceptors (Lipinski definition) is 3. The van der Waals surface area contributed by atoms with Crippen molar-refractivity contribution in [3.8, 4) is 11.5 Å². The van der Waals surface area contributed by atoms with E-state index < -0.39 is 5.79 Å². The molecule has 0 amide bonds. The fourth-order valence-electron chi connectivity index (χ4n) is 4.73. The standard InChI is InChI=1S/C22H28O3/c1-14(2)17-9-10-22(24)13-18(17)21-19(23)11-16(12-20(21)25-22)15-7-5-3-4-6-8-15/h7,11-12,18,23-24H,3-6,8-10,13H2,1-2H3. The lowest BCUT2D eigenvalue weighted by atomic mass is 9.72. The van der Waals surface area contributed by atoms with Crippen molar-refractivity contribution in [1.29, 1.82) is 0 Å². The molecule has 0 radical (unpaired) electrons. The minimum Gasteiger partial charge on any atom is -0.507 e. The molecule has 1 aromatic rings. The lowest BCUT2D eigenvalue weighted by Crippen LogP contribution is -2.44. The SMILES string of the molecule is CC(C)=C1CCC2(O)CC1c1c(O)cc(C3=CCCCCC3)cc1O2. The summed E-state index contributed by atoms with van der Waals surface area (Å²) in [6, 6.07) is 3.94. The Morgan fingerprint density at radius 2 is 2.00 bits per heavy atom. The molecule has 1 saturated carbocycles. The summed E-state index contributed by atoms with van der Waals surface area (Å²) in [5, 5.41) is 21.7. The van der Waals surface area contributed by atoms with E-state index in [1.54, 1.807) is 0 Å². The average molecular weight is 340 g/mol.